The summed E-state index contributed by atoms with van der Waals surface area (Å²) in [6.45, 7) is 1.98. The van der Waals surface area contributed by atoms with Crippen molar-refractivity contribution in [2.24, 2.45) is 0 Å². The Morgan fingerprint density at radius 1 is 1.33 bits per heavy atom. The highest BCUT2D eigenvalue weighted by Crippen LogP contribution is 2.35. The van der Waals surface area contributed by atoms with Gasteiger partial charge in [-0.3, -0.25) is 9.48 Å². The summed E-state index contributed by atoms with van der Waals surface area (Å²) in [6, 6.07) is 8.06. The van der Waals surface area contributed by atoms with Gasteiger partial charge in [0.1, 0.15) is 5.69 Å². The summed E-state index contributed by atoms with van der Waals surface area (Å²) >= 11 is 6.24. The summed E-state index contributed by atoms with van der Waals surface area (Å²) < 4.78 is 1.92. The van der Waals surface area contributed by atoms with Gasteiger partial charge in [-0.2, -0.15) is 5.10 Å². The van der Waals surface area contributed by atoms with Gasteiger partial charge in [0.25, 0.3) is 5.91 Å². The Morgan fingerprint density at radius 2 is 2.25 bits per heavy atom. The molecule has 1 saturated heterocycles. The fourth-order valence-electron chi connectivity index (χ4n) is 3.71. The van der Waals surface area contributed by atoms with Crippen LogP contribution >= 0.6 is 11.6 Å². The van der Waals surface area contributed by atoms with Crippen LogP contribution in [-0.2, 0) is 6.42 Å². The summed E-state index contributed by atoms with van der Waals surface area (Å²) in [4.78, 5) is 12.6. The Labute approximate surface area is 146 Å². The molecule has 2 N–H and O–H groups in total. The van der Waals surface area contributed by atoms with Crippen LogP contribution in [0.3, 0.4) is 0 Å². The lowest BCUT2D eigenvalue weighted by Gasteiger charge is -2.22. The zero-order valence-electron chi connectivity index (χ0n) is 13.5. The van der Waals surface area contributed by atoms with E-state index in [2.05, 4.69) is 15.7 Å². The number of benzene rings is 1. The fraction of sp³-hybridized carbons (Fsp3) is 0.444. The van der Waals surface area contributed by atoms with E-state index >= 15 is 0 Å². The van der Waals surface area contributed by atoms with E-state index in [-0.39, 0.29) is 11.9 Å². The quantitative estimate of drug-likeness (QED) is 0.900. The number of carbonyl (C=O) groups is 1. The van der Waals surface area contributed by atoms with E-state index in [0.29, 0.717) is 11.7 Å². The third-order valence-corrected chi connectivity index (χ3v) is 5.36. The van der Waals surface area contributed by atoms with Crippen molar-refractivity contribution < 1.29 is 4.79 Å². The lowest BCUT2D eigenvalue weighted by molar-refractivity contribution is 0.0930. The number of carbonyl (C=O) groups excluding carboxylic acids is 1. The average Bonchev–Trinajstić information content (AvgIpc) is 3.24. The lowest BCUT2D eigenvalue weighted by atomic mass is 10.1. The van der Waals surface area contributed by atoms with E-state index in [1.807, 2.05) is 29.1 Å². The Bertz CT molecular complexity index is 751. The molecular weight excluding hydrogens is 324 g/mol. The maximum Gasteiger partial charge on any atom is 0.272 e. The Morgan fingerprint density at radius 3 is 3.08 bits per heavy atom. The molecule has 2 atom stereocenters. The predicted molar refractivity (Wildman–Crippen MR) is 93.3 cm³/mol. The van der Waals surface area contributed by atoms with Crippen LogP contribution in [0.1, 0.15) is 53.0 Å². The summed E-state index contributed by atoms with van der Waals surface area (Å²) in [6.07, 6.45) is 5.95. The molecule has 1 aromatic carbocycles. The van der Waals surface area contributed by atoms with Crippen LogP contribution in [0.15, 0.2) is 30.5 Å². The summed E-state index contributed by atoms with van der Waals surface area (Å²) in [5.74, 6) is -0.115. The fourth-order valence-corrected chi connectivity index (χ4v) is 3.99. The molecule has 2 heterocycles. The molecule has 2 unspecified atom stereocenters. The van der Waals surface area contributed by atoms with Gasteiger partial charge in [-0.1, -0.05) is 23.7 Å². The predicted octanol–water partition coefficient (Wildman–Crippen LogP) is 2.88. The molecule has 2 aromatic rings. The van der Waals surface area contributed by atoms with Gasteiger partial charge in [-0.05, 0) is 55.5 Å². The van der Waals surface area contributed by atoms with Gasteiger partial charge in [0, 0.05) is 17.8 Å². The number of hydrogen-bond acceptors (Lipinski definition) is 3. The van der Waals surface area contributed by atoms with E-state index in [9.17, 15) is 4.79 Å². The minimum atomic E-state index is -0.115. The SMILES string of the molecule is O=C(NC1CCc2c(Cl)cccc21)c1ccn(C2CCCNC2)n1. The molecule has 24 heavy (non-hydrogen) atoms. The summed E-state index contributed by atoms with van der Waals surface area (Å²) in [5.41, 5.74) is 2.77. The molecular formula is C18H21ClN4O. The Hall–Kier alpha value is -1.85. The second-order valence-electron chi connectivity index (χ2n) is 6.55. The van der Waals surface area contributed by atoms with Crippen LogP contribution in [0, 0.1) is 0 Å². The van der Waals surface area contributed by atoms with Crippen molar-refractivity contribution in [2.75, 3.05) is 13.1 Å². The highest BCUT2D eigenvalue weighted by Gasteiger charge is 2.26. The van der Waals surface area contributed by atoms with Crippen LogP contribution in [-0.4, -0.2) is 28.8 Å². The van der Waals surface area contributed by atoms with Crippen molar-refractivity contribution in [3.63, 3.8) is 0 Å². The average molecular weight is 345 g/mol. The molecule has 126 valence electrons. The molecule has 1 fully saturated rings. The lowest BCUT2D eigenvalue weighted by Crippen LogP contribution is -2.32. The standard InChI is InChI=1S/C18H21ClN4O/c19-15-5-1-4-14-13(15)6-7-16(14)21-18(24)17-8-10-23(22-17)12-3-2-9-20-11-12/h1,4-5,8,10,12,16,20H,2-3,6-7,9,11H2,(H,21,24). The third-order valence-electron chi connectivity index (χ3n) is 5.00. The smallest absolute Gasteiger partial charge is 0.272 e. The van der Waals surface area contributed by atoms with Crippen LogP contribution in [0.2, 0.25) is 5.02 Å². The van der Waals surface area contributed by atoms with Crippen LogP contribution in [0.5, 0.6) is 0 Å². The van der Waals surface area contributed by atoms with Crippen LogP contribution in [0.4, 0.5) is 0 Å². The van der Waals surface area contributed by atoms with E-state index in [1.165, 1.54) is 0 Å². The first-order chi connectivity index (χ1) is 11.7. The monoisotopic (exact) mass is 344 g/mol. The van der Waals surface area contributed by atoms with Crippen molar-refractivity contribution in [1.82, 2.24) is 20.4 Å². The number of nitrogens with zero attached hydrogens (tertiary/aromatic N) is 2. The highest BCUT2D eigenvalue weighted by molar-refractivity contribution is 6.31. The van der Waals surface area contributed by atoms with E-state index in [1.54, 1.807) is 6.07 Å². The molecule has 5 nitrogen and oxygen atoms in total. The summed E-state index contributed by atoms with van der Waals surface area (Å²) in [5, 5.41) is 11.8. The first-order valence-corrected chi connectivity index (χ1v) is 8.94. The highest BCUT2D eigenvalue weighted by atomic mass is 35.5. The topological polar surface area (TPSA) is 59.0 Å². The number of rotatable bonds is 3. The van der Waals surface area contributed by atoms with Crippen molar-refractivity contribution in [3.05, 3.63) is 52.3 Å². The molecule has 1 amide bonds. The van der Waals surface area contributed by atoms with E-state index < -0.39 is 0 Å². The minimum Gasteiger partial charge on any atom is -0.344 e. The van der Waals surface area contributed by atoms with Gasteiger partial charge < -0.3 is 10.6 Å². The Kier molecular flexibility index (Phi) is 4.29. The van der Waals surface area contributed by atoms with E-state index in [0.717, 1.165) is 54.9 Å². The van der Waals surface area contributed by atoms with E-state index in [4.69, 9.17) is 11.6 Å². The maximum atomic E-state index is 12.6. The van der Waals surface area contributed by atoms with Gasteiger partial charge in [-0.15, -0.1) is 0 Å². The number of halogens is 1. The molecule has 0 radical (unpaired) electrons. The molecule has 0 saturated carbocycles. The minimum absolute atomic E-state index is 0.0210. The molecule has 0 spiro atoms. The zero-order chi connectivity index (χ0) is 16.5. The molecule has 4 rings (SSSR count). The first-order valence-electron chi connectivity index (χ1n) is 8.56. The van der Waals surface area contributed by atoms with Crippen molar-refractivity contribution >= 4 is 17.5 Å². The molecule has 2 aliphatic rings. The van der Waals surface area contributed by atoms with Crippen LogP contribution in [0.25, 0.3) is 0 Å². The van der Waals surface area contributed by atoms with Crippen molar-refractivity contribution in [2.45, 2.75) is 37.8 Å². The number of nitrogens with one attached hydrogen (secondary N) is 2. The normalized spacial score (nSPS) is 23.0. The van der Waals surface area contributed by atoms with Crippen molar-refractivity contribution in [3.8, 4) is 0 Å². The van der Waals surface area contributed by atoms with Gasteiger partial charge in [0.2, 0.25) is 0 Å². The number of fused-ring (bicyclic) bond motifs is 1. The van der Waals surface area contributed by atoms with Gasteiger partial charge in [0.05, 0.1) is 12.1 Å². The van der Waals surface area contributed by atoms with Crippen molar-refractivity contribution in [1.29, 1.82) is 0 Å². The van der Waals surface area contributed by atoms with Crippen LogP contribution < -0.4 is 10.6 Å². The number of hydrogen-bond donors (Lipinski definition) is 2. The molecule has 6 heteroatoms. The molecule has 0 bridgehead atoms. The third kappa shape index (κ3) is 2.94. The van der Waals surface area contributed by atoms with Gasteiger partial charge in [-0.25, -0.2) is 0 Å². The first kappa shape index (κ1) is 15.7. The van der Waals surface area contributed by atoms with Gasteiger partial charge in [0.15, 0.2) is 0 Å². The second-order valence-corrected chi connectivity index (χ2v) is 6.96. The molecule has 1 aromatic heterocycles. The Balaban J connectivity index is 1.46. The zero-order valence-corrected chi connectivity index (χ0v) is 14.2. The van der Waals surface area contributed by atoms with Gasteiger partial charge >= 0.3 is 0 Å². The number of piperidine rings is 1. The molecule has 1 aliphatic heterocycles. The largest absolute Gasteiger partial charge is 0.344 e. The molecule has 1 aliphatic carbocycles. The summed E-state index contributed by atoms with van der Waals surface area (Å²) in [7, 11) is 0. The number of aromatic nitrogens is 2. The number of amides is 1. The maximum absolute atomic E-state index is 12.6. The second kappa shape index (κ2) is 6.57.